The maximum absolute atomic E-state index is 11.8. The van der Waals surface area contributed by atoms with Crippen molar-refractivity contribution in [1.29, 1.82) is 0 Å². The minimum atomic E-state index is -0.497. The molecule has 0 spiro atoms. The molecule has 0 saturated carbocycles. The first-order chi connectivity index (χ1) is 7.47. The van der Waals surface area contributed by atoms with Gasteiger partial charge in [-0.1, -0.05) is 13.8 Å². The number of nitro groups is 1. The Morgan fingerprint density at radius 1 is 1.50 bits per heavy atom. The second kappa shape index (κ2) is 4.85. The minimum Gasteiger partial charge on any atom is -0.326 e. The predicted molar refractivity (Wildman–Crippen MR) is 60.2 cm³/mol. The standard InChI is InChI=1S/C11H14N2O3/c1-7(2)11(14)10-4-3-9(13(15)16)5-8(10)6-12/h3-5,7H,6,12H2,1-2H3. The number of nitrogens with zero attached hydrogens (tertiary/aromatic N) is 1. The highest BCUT2D eigenvalue weighted by Crippen LogP contribution is 2.20. The Labute approximate surface area is 93.4 Å². The molecule has 0 aliphatic carbocycles. The molecule has 1 rings (SSSR count). The van der Waals surface area contributed by atoms with Crippen molar-refractivity contribution in [2.45, 2.75) is 20.4 Å². The molecule has 2 N–H and O–H groups in total. The lowest BCUT2D eigenvalue weighted by molar-refractivity contribution is -0.384. The first-order valence-electron chi connectivity index (χ1n) is 4.99. The lowest BCUT2D eigenvalue weighted by atomic mass is 9.96. The normalized spacial score (nSPS) is 10.5. The molecule has 86 valence electrons. The highest BCUT2D eigenvalue weighted by atomic mass is 16.6. The summed E-state index contributed by atoms with van der Waals surface area (Å²) in [6.45, 7) is 3.68. The number of Topliss-reactive ketones (excluding diaryl/α,β-unsaturated/α-hetero) is 1. The second-order valence-electron chi connectivity index (χ2n) is 3.82. The van der Waals surface area contributed by atoms with Crippen LogP contribution in [0.5, 0.6) is 0 Å². The molecule has 5 nitrogen and oxygen atoms in total. The van der Waals surface area contributed by atoms with Crippen LogP contribution in [-0.2, 0) is 6.54 Å². The number of nitrogens with two attached hydrogens (primary N) is 1. The van der Waals surface area contributed by atoms with Crippen LogP contribution in [0.1, 0.15) is 29.8 Å². The van der Waals surface area contributed by atoms with E-state index in [0.717, 1.165) is 0 Å². The van der Waals surface area contributed by atoms with Crippen LogP contribution in [0.25, 0.3) is 0 Å². The fourth-order valence-corrected chi connectivity index (χ4v) is 1.41. The van der Waals surface area contributed by atoms with Crippen LogP contribution in [0.2, 0.25) is 0 Å². The fourth-order valence-electron chi connectivity index (χ4n) is 1.41. The van der Waals surface area contributed by atoms with E-state index in [1.54, 1.807) is 13.8 Å². The second-order valence-corrected chi connectivity index (χ2v) is 3.82. The summed E-state index contributed by atoms with van der Waals surface area (Å²) in [6.07, 6.45) is 0. The SMILES string of the molecule is CC(C)C(=O)c1ccc([N+](=O)[O-])cc1CN. The zero-order chi connectivity index (χ0) is 12.3. The van der Waals surface area contributed by atoms with Crippen molar-refractivity contribution in [3.05, 3.63) is 39.4 Å². The molecule has 0 atom stereocenters. The lowest BCUT2D eigenvalue weighted by Crippen LogP contribution is -2.13. The van der Waals surface area contributed by atoms with Crippen molar-refractivity contribution in [2.24, 2.45) is 11.7 Å². The Morgan fingerprint density at radius 3 is 2.56 bits per heavy atom. The van der Waals surface area contributed by atoms with E-state index in [9.17, 15) is 14.9 Å². The quantitative estimate of drug-likeness (QED) is 0.478. The molecule has 0 amide bonds. The molecule has 0 aliphatic heterocycles. The Balaban J connectivity index is 3.22. The van der Waals surface area contributed by atoms with Gasteiger partial charge in [0.2, 0.25) is 0 Å². The van der Waals surface area contributed by atoms with Gasteiger partial charge in [-0.3, -0.25) is 14.9 Å². The van der Waals surface area contributed by atoms with E-state index in [1.807, 2.05) is 0 Å². The Kier molecular flexibility index (Phi) is 3.73. The molecular formula is C11H14N2O3. The van der Waals surface area contributed by atoms with E-state index in [4.69, 9.17) is 5.73 Å². The predicted octanol–water partition coefficient (Wildman–Crippen LogP) is 1.89. The zero-order valence-electron chi connectivity index (χ0n) is 9.27. The van der Waals surface area contributed by atoms with Gasteiger partial charge in [0.05, 0.1) is 4.92 Å². The van der Waals surface area contributed by atoms with Crippen LogP contribution in [0.15, 0.2) is 18.2 Å². The molecule has 1 aromatic rings. The van der Waals surface area contributed by atoms with E-state index in [-0.39, 0.29) is 23.9 Å². The Bertz CT molecular complexity index is 427. The van der Waals surface area contributed by atoms with E-state index >= 15 is 0 Å². The molecular weight excluding hydrogens is 208 g/mol. The van der Waals surface area contributed by atoms with Crippen LogP contribution in [0.4, 0.5) is 5.69 Å². The summed E-state index contributed by atoms with van der Waals surface area (Å²) >= 11 is 0. The number of carbonyl (C=O) groups is 1. The number of hydrogen-bond acceptors (Lipinski definition) is 4. The minimum absolute atomic E-state index is 0.0410. The van der Waals surface area contributed by atoms with Gasteiger partial charge in [0.1, 0.15) is 0 Å². The molecule has 0 radical (unpaired) electrons. The third-order valence-corrected chi connectivity index (χ3v) is 2.31. The first kappa shape index (κ1) is 12.3. The summed E-state index contributed by atoms with van der Waals surface area (Å²) in [7, 11) is 0. The van der Waals surface area contributed by atoms with Crippen molar-refractivity contribution < 1.29 is 9.72 Å². The van der Waals surface area contributed by atoms with Gasteiger partial charge in [-0.25, -0.2) is 0 Å². The van der Waals surface area contributed by atoms with Crippen molar-refractivity contribution in [3.63, 3.8) is 0 Å². The van der Waals surface area contributed by atoms with Gasteiger partial charge < -0.3 is 5.73 Å². The molecule has 0 aromatic heterocycles. The Hall–Kier alpha value is -1.75. The number of non-ortho nitro benzene ring substituents is 1. The van der Waals surface area contributed by atoms with Crippen LogP contribution in [-0.4, -0.2) is 10.7 Å². The van der Waals surface area contributed by atoms with Crippen LogP contribution >= 0.6 is 0 Å². The number of rotatable bonds is 4. The molecule has 16 heavy (non-hydrogen) atoms. The first-order valence-corrected chi connectivity index (χ1v) is 4.99. The summed E-state index contributed by atoms with van der Waals surface area (Å²) in [5, 5.41) is 10.6. The van der Waals surface area contributed by atoms with Crippen molar-refractivity contribution >= 4 is 11.5 Å². The van der Waals surface area contributed by atoms with Crippen molar-refractivity contribution in [3.8, 4) is 0 Å². The molecule has 0 fully saturated rings. The molecule has 0 bridgehead atoms. The maximum Gasteiger partial charge on any atom is 0.269 e. The van der Waals surface area contributed by atoms with Gasteiger partial charge in [0, 0.05) is 30.2 Å². The van der Waals surface area contributed by atoms with Gasteiger partial charge in [0.25, 0.3) is 5.69 Å². The average molecular weight is 222 g/mol. The zero-order valence-corrected chi connectivity index (χ0v) is 9.27. The highest BCUT2D eigenvalue weighted by molar-refractivity contribution is 5.99. The molecule has 0 aliphatic rings. The van der Waals surface area contributed by atoms with Crippen LogP contribution < -0.4 is 5.73 Å². The molecule has 0 heterocycles. The van der Waals surface area contributed by atoms with E-state index in [1.165, 1.54) is 18.2 Å². The van der Waals surface area contributed by atoms with Gasteiger partial charge in [0.15, 0.2) is 5.78 Å². The Morgan fingerprint density at radius 2 is 2.12 bits per heavy atom. The number of nitro benzene ring substituents is 1. The van der Waals surface area contributed by atoms with Crippen molar-refractivity contribution in [2.75, 3.05) is 0 Å². The highest BCUT2D eigenvalue weighted by Gasteiger charge is 2.17. The largest absolute Gasteiger partial charge is 0.326 e. The van der Waals surface area contributed by atoms with Gasteiger partial charge in [-0.15, -0.1) is 0 Å². The fraction of sp³-hybridized carbons (Fsp3) is 0.364. The average Bonchev–Trinajstić information content (AvgIpc) is 2.26. The van der Waals surface area contributed by atoms with Crippen LogP contribution in [0.3, 0.4) is 0 Å². The van der Waals surface area contributed by atoms with Crippen LogP contribution in [0, 0.1) is 16.0 Å². The topological polar surface area (TPSA) is 86.2 Å². The van der Waals surface area contributed by atoms with E-state index in [2.05, 4.69) is 0 Å². The van der Waals surface area contributed by atoms with Gasteiger partial charge >= 0.3 is 0 Å². The number of ketones is 1. The van der Waals surface area contributed by atoms with Gasteiger partial charge in [-0.05, 0) is 11.6 Å². The summed E-state index contributed by atoms with van der Waals surface area (Å²) in [5.41, 5.74) is 6.44. The monoisotopic (exact) mass is 222 g/mol. The smallest absolute Gasteiger partial charge is 0.269 e. The third kappa shape index (κ3) is 2.43. The number of carbonyl (C=O) groups excluding carboxylic acids is 1. The maximum atomic E-state index is 11.8. The molecule has 0 unspecified atom stereocenters. The molecule has 5 heteroatoms. The summed E-state index contributed by atoms with van der Waals surface area (Å²) in [6, 6.07) is 4.16. The van der Waals surface area contributed by atoms with E-state index in [0.29, 0.717) is 11.1 Å². The van der Waals surface area contributed by atoms with Gasteiger partial charge in [-0.2, -0.15) is 0 Å². The summed E-state index contributed by atoms with van der Waals surface area (Å²) in [5.74, 6) is -0.192. The molecule has 1 aromatic carbocycles. The van der Waals surface area contributed by atoms with E-state index < -0.39 is 4.92 Å². The van der Waals surface area contributed by atoms with Crippen molar-refractivity contribution in [1.82, 2.24) is 0 Å². The molecule has 0 saturated heterocycles. The number of benzene rings is 1. The number of hydrogen-bond donors (Lipinski definition) is 1. The lowest BCUT2D eigenvalue weighted by Gasteiger charge is -2.08. The summed E-state index contributed by atoms with van der Waals surface area (Å²) < 4.78 is 0. The summed E-state index contributed by atoms with van der Waals surface area (Å²) in [4.78, 5) is 21.8. The third-order valence-electron chi connectivity index (χ3n) is 2.31.